The monoisotopic (exact) mass is 467 g/mol. The fourth-order valence-corrected chi connectivity index (χ4v) is 3.25. The van der Waals surface area contributed by atoms with Gasteiger partial charge in [-0.2, -0.15) is 0 Å². The zero-order chi connectivity index (χ0) is 23.8. The van der Waals surface area contributed by atoms with Gasteiger partial charge in [0.05, 0.1) is 6.61 Å². The van der Waals surface area contributed by atoms with E-state index in [4.69, 9.17) is 14.6 Å². The zero-order valence-electron chi connectivity index (χ0n) is 17.0. The van der Waals surface area contributed by atoms with Crippen LogP contribution in [0.2, 0.25) is 0 Å². The molecule has 0 unspecified atom stereocenters. The van der Waals surface area contributed by atoms with E-state index in [1.807, 2.05) is 0 Å². The summed E-state index contributed by atoms with van der Waals surface area (Å²) in [6, 6.07) is 5.47. The molecule has 0 spiro atoms. The first-order valence-corrected chi connectivity index (χ1v) is 10.2. The van der Waals surface area contributed by atoms with Crippen molar-refractivity contribution in [2.24, 2.45) is 0 Å². The Morgan fingerprint density at radius 2 is 1.84 bits per heavy atom. The van der Waals surface area contributed by atoms with Crippen LogP contribution in [0, 0.1) is 11.6 Å². The molecule has 0 aromatic heterocycles. The molecular formula is C21H19F2NO7S. The Kier molecular flexibility index (Phi) is 8.71. The van der Waals surface area contributed by atoms with Crippen molar-refractivity contribution in [1.29, 1.82) is 0 Å². The lowest BCUT2D eigenvalue weighted by Crippen LogP contribution is -2.41. The number of esters is 1. The number of hydrogen-bond donors (Lipinski definition) is 2. The van der Waals surface area contributed by atoms with Gasteiger partial charge in [-0.05, 0) is 48.5 Å². The molecule has 0 saturated carbocycles. The van der Waals surface area contributed by atoms with Crippen molar-refractivity contribution >= 4 is 34.9 Å². The molecule has 0 bridgehead atoms. The van der Waals surface area contributed by atoms with Gasteiger partial charge in [0.25, 0.3) is 0 Å². The Morgan fingerprint density at radius 1 is 1.12 bits per heavy atom. The van der Waals surface area contributed by atoms with Crippen molar-refractivity contribution < 1.29 is 42.5 Å². The van der Waals surface area contributed by atoms with Crippen molar-refractivity contribution in [1.82, 2.24) is 5.32 Å². The maximum atomic E-state index is 14.1. The Hall–Kier alpha value is -3.47. The second kappa shape index (κ2) is 11.2. The smallest absolute Gasteiger partial charge is 0.372 e. The standard InChI is InChI=1S/C21H19F2NO7S/c1-3-30-20(28)15-8-12(14-6-5-13(22)9-16(14)23)4-7-18(15)31-21(29)32-10-17(19(26)27)24-11(2)25/h4-9,17H,3,10H2,1-2H3,(H,24,25)(H,26,27)/t17-/m0/s1. The first kappa shape index (κ1) is 24.8. The van der Waals surface area contributed by atoms with Gasteiger partial charge < -0.3 is 19.9 Å². The summed E-state index contributed by atoms with van der Waals surface area (Å²) < 4.78 is 37.4. The summed E-state index contributed by atoms with van der Waals surface area (Å²) in [5, 5.41) is 10.3. The third kappa shape index (κ3) is 6.77. The molecule has 0 saturated heterocycles. The van der Waals surface area contributed by atoms with Crippen LogP contribution in [0.15, 0.2) is 36.4 Å². The summed E-state index contributed by atoms with van der Waals surface area (Å²) in [7, 11) is 0. The molecule has 2 rings (SSSR count). The quantitative estimate of drug-likeness (QED) is 0.565. The molecule has 1 amide bonds. The minimum atomic E-state index is -1.33. The second-order valence-electron chi connectivity index (χ2n) is 6.31. The first-order chi connectivity index (χ1) is 15.1. The van der Waals surface area contributed by atoms with E-state index in [1.165, 1.54) is 24.3 Å². The zero-order valence-corrected chi connectivity index (χ0v) is 17.8. The third-order valence-electron chi connectivity index (χ3n) is 3.95. The molecule has 0 radical (unpaired) electrons. The van der Waals surface area contributed by atoms with Gasteiger partial charge in [-0.3, -0.25) is 4.79 Å². The van der Waals surface area contributed by atoms with Crippen LogP contribution in [-0.4, -0.2) is 46.7 Å². The van der Waals surface area contributed by atoms with Gasteiger partial charge in [0.2, 0.25) is 5.91 Å². The fraction of sp³-hybridized carbons (Fsp3) is 0.238. The second-order valence-corrected chi connectivity index (χ2v) is 7.27. The average Bonchev–Trinajstić information content (AvgIpc) is 2.71. The van der Waals surface area contributed by atoms with Crippen LogP contribution >= 0.6 is 11.8 Å². The highest BCUT2D eigenvalue weighted by atomic mass is 32.2. The molecule has 32 heavy (non-hydrogen) atoms. The largest absolute Gasteiger partial charge is 0.480 e. The Bertz CT molecular complexity index is 1040. The van der Waals surface area contributed by atoms with E-state index in [2.05, 4.69) is 5.32 Å². The van der Waals surface area contributed by atoms with Gasteiger partial charge in [-0.1, -0.05) is 6.07 Å². The molecule has 11 heteroatoms. The minimum absolute atomic E-state index is 0.0174. The van der Waals surface area contributed by atoms with Crippen LogP contribution in [0.3, 0.4) is 0 Å². The van der Waals surface area contributed by atoms with E-state index in [1.54, 1.807) is 6.92 Å². The van der Waals surface area contributed by atoms with Crippen LogP contribution in [-0.2, 0) is 14.3 Å². The van der Waals surface area contributed by atoms with Crippen LogP contribution in [0.4, 0.5) is 13.6 Å². The van der Waals surface area contributed by atoms with Crippen LogP contribution in [0.25, 0.3) is 11.1 Å². The highest BCUT2D eigenvalue weighted by Crippen LogP contribution is 2.30. The van der Waals surface area contributed by atoms with Crippen LogP contribution in [0.1, 0.15) is 24.2 Å². The molecule has 0 fully saturated rings. The Morgan fingerprint density at radius 3 is 2.44 bits per heavy atom. The number of carboxylic acids is 1. The van der Waals surface area contributed by atoms with Gasteiger partial charge in [0, 0.05) is 24.3 Å². The summed E-state index contributed by atoms with van der Waals surface area (Å²) in [5.74, 6) is -4.89. The molecule has 1 atom stereocenters. The molecule has 2 N–H and O–H groups in total. The van der Waals surface area contributed by atoms with Crippen LogP contribution in [0.5, 0.6) is 5.75 Å². The number of thioether (sulfide) groups is 1. The van der Waals surface area contributed by atoms with Gasteiger partial charge in [0.15, 0.2) is 0 Å². The number of carbonyl (C=O) groups excluding carboxylic acids is 3. The maximum absolute atomic E-state index is 14.1. The summed E-state index contributed by atoms with van der Waals surface area (Å²) in [4.78, 5) is 46.7. The summed E-state index contributed by atoms with van der Waals surface area (Å²) in [5.41, 5.74) is 0.0529. The molecule has 2 aromatic rings. The lowest BCUT2D eigenvalue weighted by atomic mass is 10.0. The van der Waals surface area contributed by atoms with Crippen molar-refractivity contribution in [2.45, 2.75) is 19.9 Å². The van der Waals surface area contributed by atoms with E-state index in [9.17, 15) is 28.0 Å². The fourth-order valence-electron chi connectivity index (χ4n) is 2.57. The normalized spacial score (nSPS) is 11.4. The first-order valence-electron chi connectivity index (χ1n) is 9.23. The predicted octanol–water partition coefficient (Wildman–Crippen LogP) is 3.63. The lowest BCUT2D eigenvalue weighted by Gasteiger charge is -2.14. The van der Waals surface area contributed by atoms with E-state index in [0.717, 1.165) is 13.0 Å². The summed E-state index contributed by atoms with van der Waals surface area (Å²) >= 11 is 0.478. The van der Waals surface area contributed by atoms with Crippen molar-refractivity contribution in [3.05, 3.63) is 53.6 Å². The van der Waals surface area contributed by atoms with Crippen molar-refractivity contribution in [2.75, 3.05) is 12.4 Å². The number of nitrogens with one attached hydrogen (secondary N) is 1. The average molecular weight is 467 g/mol. The number of ether oxygens (including phenoxy) is 2. The number of hydrogen-bond acceptors (Lipinski definition) is 7. The van der Waals surface area contributed by atoms with Gasteiger partial charge in [-0.25, -0.2) is 23.2 Å². The molecule has 2 aromatic carbocycles. The number of halogens is 2. The Balaban J connectivity index is 2.26. The molecule has 170 valence electrons. The molecule has 0 aliphatic carbocycles. The highest BCUT2D eigenvalue weighted by molar-refractivity contribution is 8.13. The predicted molar refractivity (Wildman–Crippen MR) is 111 cm³/mol. The van der Waals surface area contributed by atoms with E-state index < -0.39 is 40.8 Å². The number of carboxylic acid groups (broad SMARTS) is 1. The van der Waals surface area contributed by atoms with Crippen molar-refractivity contribution in [3.63, 3.8) is 0 Å². The SMILES string of the molecule is CCOC(=O)c1cc(-c2ccc(F)cc2F)ccc1OC(=O)SC[C@H](NC(C)=O)C(=O)O. The number of benzene rings is 2. The lowest BCUT2D eigenvalue weighted by molar-refractivity contribution is -0.140. The maximum Gasteiger partial charge on any atom is 0.372 e. The summed E-state index contributed by atoms with van der Waals surface area (Å²) in [6.45, 7) is 2.72. The third-order valence-corrected chi connectivity index (χ3v) is 4.77. The van der Waals surface area contributed by atoms with Crippen LogP contribution < -0.4 is 10.1 Å². The van der Waals surface area contributed by atoms with E-state index in [0.29, 0.717) is 17.8 Å². The van der Waals surface area contributed by atoms with Gasteiger partial charge >= 0.3 is 17.2 Å². The van der Waals surface area contributed by atoms with Gasteiger partial charge in [-0.15, -0.1) is 0 Å². The highest BCUT2D eigenvalue weighted by Gasteiger charge is 2.23. The van der Waals surface area contributed by atoms with E-state index in [-0.39, 0.29) is 34.8 Å². The number of aliphatic carboxylic acids is 1. The molecular weight excluding hydrogens is 448 g/mol. The number of carbonyl (C=O) groups is 4. The van der Waals surface area contributed by atoms with Crippen molar-refractivity contribution in [3.8, 4) is 16.9 Å². The number of rotatable bonds is 8. The molecule has 0 aliphatic heterocycles. The molecule has 0 heterocycles. The molecule has 0 aliphatic rings. The summed E-state index contributed by atoms with van der Waals surface area (Å²) in [6.07, 6.45) is 0. The topological polar surface area (TPSA) is 119 Å². The van der Waals surface area contributed by atoms with Gasteiger partial charge in [0.1, 0.15) is 29.0 Å². The Labute approximate surface area is 185 Å². The molecule has 8 nitrogen and oxygen atoms in total. The minimum Gasteiger partial charge on any atom is -0.480 e. The number of amides is 1. The van der Waals surface area contributed by atoms with E-state index >= 15 is 0 Å².